The number of nitrogens with zero attached hydrogens (tertiary/aromatic N) is 2. The van der Waals surface area contributed by atoms with E-state index in [1.165, 1.54) is 46.8 Å². The van der Waals surface area contributed by atoms with Crippen molar-refractivity contribution in [1.29, 1.82) is 0 Å². The first-order valence-electron chi connectivity index (χ1n) is 9.11. The Morgan fingerprint density at radius 2 is 1.97 bits per heavy atom. The zero-order valence-electron chi connectivity index (χ0n) is 16.1. The van der Waals surface area contributed by atoms with Crippen molar-refractivity contribution in [3.63, 3.8) is 0 Å². The maximum Gasteiger partial charge on any atom is 0.313 e. The Morgan fingerprint density at radius 1 is 1.27 bits per heavy atom. The SMILES string of the molecule is CS(=O)(=O)N1CCCC(NC(=O)c2ccc(Oc3ccc(Cl)cc3[N+](=O)[O-])cc2)C1. The molecule has 1 amide bonds. The number of hydrogen-bond acceptors (Lipinski definition) is 6. The minimum absolute atomic E-state index is 0.0321. The highest BCUT2D eigenvalue weighted by Crippen LogP contribution is 2.33. The molecule has 1 N–H and O–H groups in total. The second-order valence-electron chi connectivity index (χ2n) is 6.93. The fourth-order valence-electron chi connectivity index (χ4n) is 3.15. The van der Waals surface area contributed by atoms with E-state index in [0.717, 1.165) is 6.26 Å². The second kappa shape index (κ2) is 8.99. The predicted octanol–water partition coefficient (Wildman–Crippen LogP) is 3.19. The Labute approximate surface area is 178 Å². The lowest BCUT2D eigenvalue weighted by Crippen LogP contribution is -2.49. The quantitative estimate of drug-likeness (QED) is 0.530. The minimum Gasteiger partial charge on any atom is -0.450 e. The first-order chi connectivity index (χ1) is 14.1. The average Bonchev–Trinajstić information content (AvgIpc) is 2.69. The van der Waals surface area contributed by atoms with Crippen molar-refractivity contribution in [2.24, 2.45) is 0 Å². The van der Waals surface area contributed by atoms with Gasteiger partial charge in [0.2, 0.25) is 15.8 Å². The third-order valence-corrected chi connectivity index (χ3v) is 6.16. The Kier molecular flexibility index (Phi) is 6.59. The zero-order chi connectivity index (χ0) is 21.9. The third-order valence-electron chi connectivity index (χ3n) is 4.65. The van der Waals surface area contributed by atoms with E-state index in [2.05, 4.69) is 5.32 Å². The van der Waals surface area contributed by atoms with Gasteiger partial charge in [-0.15, -0.1) is 0 Å². The molecule has 3 rings (SSSR count). The largest absolute Gasteiger partial charge is 0.450 e. The fourth-order valence-corrected chi connectivity index (χ4v) is 4.23. The van der Waals surface area contributed by atoms with Crippen LogP contribution in [0.4, 0.5) is 5.69 Å². The molecule has 0 spiro atoms. The number of carbonyl (C=O) groups excluding carboxylic acids is 1. The molecule has 9 nitrogen and oxygen atoms in total. The number of benzene rings is 2. The van der Waals surface area contributed by atoms with Crippen LogP contribution in [-0.2, 0) is 10.0 Å². The molecule has 0 radical (unpaired) electrons. The molecule has 0 aliphatic carbocycles. The van der Waals surface area contributed by atoms with Crippen LogP contribution in [-0.4, -0.2) is 48.9 Å². The van der Waals surface area contributed by atoms with Crippen LogP contribution in [0.25, 0.3) is 0 Å². The number of rotatable bonds is 6. The normalized spacial score (nSPS) is 17.3. The van der Waals surface area contributed by atoms with Crippen LogP contribution >= 0.6 is 11.6 Å². The summed E-state index contributed by atoms with van der Waals surface area (Å²) in [6.45, 7) is 0.695. The van der Waals surface area contributed by atoms with Crippen molar-refractivity contribution in [3.05, 3.63) is 63.2 Å². The summed E-state index contributed by atoms with van der Waals surface area (Å²) in [7, 11) is -3.30. The van der Waals surface area contributed by atoms with Crippen LogP contribution in [0.3, 0.4) is 0 Å². The van der Waals surface area contributed by atoms with Gasteiger partial charge >= 0.3 is 5.69 Å². The lowest BCUT2D eigenvalue weighted by atomic mass is 10.1. The Balaban J connectivity index is 1.66. The van der Waals surface area contributed by atoms with E-state index in [-0.39, 0.29) is 35.0 Å². The van der Waals surface area contributed by atoms with Crippen LogP contribution in [0.1, 0.15) is 23.2 Å². The molecule has 2 aromatic rings. The number of piperidine rings is 1. The third kappa shape index (κ3) is 5.47. The van der Waals surface area contributed by atoms with Crippen molar-refractivity contribution in [2.45, 2.75) is 18.9 Å². The van der Waals surface area contributed by atoms with Crippen molar-refractivity contribution in [3.8, 4) is 11.5 Å². The van der Waals surface area contributed by atoms with Crippen LogP contribution < -0.4 is 10.1 Å². The second-order valence-corrected chi connectivity index (χ2v) is 9.35. The smallest absolute Gasteiger partial charge is 0.313 e. The van der Waals surface area contributed by atoms with Gasteiger partial charge in [-0.2, -0.15) is 0 Å². The molecule has 1 aliphatic heterocycles. The van der Waals surface area contributed by atoms with Gasteiger partial charge in [-0.1, -0.05) is 11.6 Å². The van der Waals surface area contributed by atoms with Gasteiger partial charge in [0.25, 0.3) is 5.91 Å². The Bertz CT molecular complexity index is 1060. The molecule has 1 fully saturated rings. The van der Waals surface area contributed by atoms with Gasteiger partial charge < -0.3 is 10.1 Å². The number of sulfonamides is 1. The first kappa shape index (κ1) is 22.0. The van der Waals surface area contributed by atoms with Gasteiger partial charge in [0.15, 0.2) is 0 Å². The number of halogens is 1. The fraction of sp³-hybridized carbons (Fsp3) is 0.316. The van der Waals surface area contributed by atoms with E-state index in [0.29, 0.717) is 30.7 Å². The van der Waals surface area contributed by atoms with Gasteiger partial charge in [0.05, 0.1) is 11.2 Å². The van der Waals surface area contributed by atoms with Crippen LogP contribution in [0.2, 0.25) is 5.02 Å². The topological polar surface area (TPSA) is 119 Å². The number of hydrogen-bond donors (Lipinski definition) is 1. The molecule has 160 valence electrons. The summed E-state index contributed by atoms with van der Waals surface area (Å²) in [5.41, 5.74) is 0.0986. The summed E-state index contributed by atoms with van der Waals surface area (Å²) in [6.07, 6.45) is 2.52. The Hall–Kier alpha value is -2.69. The molecule has 1 heterocycles. The first-order valence-corrected chi connectivity index (χ1v) is 11.3. The number of nitro groups is 1. The number of ether oxygens (including phenoxy) is 1. The molecule has 1 atom stereocenters. The van der Waals surface area contributed by atoms with Crippen molar-refractivity contribution in [1.82, 2.24) is 9.62 Å². The minimum atomic E-state index is -3.30. The van der Waals surface area contributed by atoms with E-state index in [1.54, 1.807) is 0 Å². The number of carbonyl (C=O) groups is 1. The summed E-state index contributed by atoms with van der Waals surface area (Å²) in [6, 6.07) is 9.92. The molecular formula is C19H20ClN3O6S. The van der Waals surface area contributed by atoms with Gasteiger partial charge in [0.1, 0.15) is 5.75 Å². The summed E-state index contributed by atoms with van der Waals surface area (Å²) in [5.74, 6) is 0.0157. The summed E-state index contributed by atoms with van der Waals surface area (Å²) >= 11 is 5.79. The van der Waals surface area contributed by atoms with Crippen LogP contribution in [0, 0.1) is 10.1 Å². The maximum absolute atomic E-state index is 12.5. The van der Waals surface area contributed by atoms with Gasteiger partial charge in [-0.3, -0.25) is 14.9 Å². The summed E-state index contributed by atoms with van der Waals surface area (Å²) < 4.78 is 30.3. The molecular weight excluding hydrogens is 434 g/mol. The molecule has 0 bridgehead atoms. The molecule has 0 aromatic heterocycles. The number of nitro benzene ring substituents is 1. The highest BCUT2D eigenvalue weighted by atomic mass is 35.5. The van der Waals surface area contributed by atoms with E-state index < -0.39 is 14.9 Å². The molecule has 1 unspecified atom stereocenters. The number of amides is 1. The molecule has 0 saturated carbocycles. The van der Waals surface area contributed by atoms with Gasteiger partial charge in [-0.05, 0) is 49.2 Å². The van der Waals surface area contributed by atoms with E-state index >= 15 is 0 Å². The highest BCUT2D eigenvalue weighted by Gasteiger charge is 2.27. The highest BCUT2D eigenvalue weighted by molar-refractivity contribution is 7.88. The number of nitrogens with one attached hydrogen (secondary N) is 1. The average molecular weight is 454 g/mol. The van der Waals surface area contributed by atoms with Crippen molar-refractivity contribution < 1.29 is 22.9 Å². The molecule has 1 aliphatic rings. The standard InChI is InChI=1S/C19H20ClN3O6S/c1-30(27,28)22-10-2-3-15(12-22)21-19(24)13-4-7-16(8-5-13)29-18-9-6-14(20)11-17(18)23(25)26/h4-9,11,15H,2-3,10,12H2,1H3,(H,21,24). The summed E-state index contributed by atoms with van der Waals surface area (Å²) in [4.78, 5) is 23.1. The van der Waals surface area contributed by atoms with Crippen molar-refractivity contribution in [2.75, 3.05) is 19.3 Å². The van der Waals surface area contributed by atoms with Crippen molar-refractivity contribution >= 4 is 33.2 Å². The zero-order valence-corrected chi connectivity index (χ0v) is 17.6. The van der Waals surface area contributed by atoms with E-state index in [9.17, 15) is 23.3 Å². The predicted molar refractivity (Wildman–Crippen MR) is 112 cm³/mol. The lowest BCUT2D eigenvalue weighted by molar-refractivity contribution is -0.385. The molecule has 11 heteroatoms. The summed E-state index contributed by atoms with van der Waals surface area (Å²) in [5, 5.41) is 14.2. The molecule has 2 aromatic carbocycles. The Morgan fingerprint density at radius 3 is 2.60 bits per heavy atom. The van der Waals surface area contributed by atoms with E-state index in [4.69, 9.17) is 16.3 Å². The van der Waals surface area contributed by atoms with E-state index in [1.807, 2.05) is 0 Å². The monoisotopic (exact) mass is 453 g/mol. The molecule has 1 saturated heterocycles. The van der Waals surface area contributed by atoms with Gasteiger partial charge in [0, 0.05) is 35.8 Å². The molecule has 30 heavy (non-hydrogen) atoms. The van der Waals surface area contributed by atoms with Crippen LogP contribution in [0.5, 0.6) is 11.5 Å². The lowest BCUT2D eigenvalue weighted by Gasteiger charge is -2.31. The van der Waals surface area contributed by atoms with Gasteiger partial charge in [-0.25, -0.2) is 12.7 Å². The maximum atomic E-state index is 12.5. The van der Waals surface area contributed by atoms with Crippen LogP contribution in [0.15, 0.2) is 42.5 Å².